The second-order valence-electron chi connectivity index (χ2n) is 5.62. The SMILES string of the molecule is CCCOP(=O)(OC)SCCN(CC)P(=O)(OC(C)C)OC(C)C. The maximum atomic E-state index is 13.1. The van der Waals surface area contributed by atoms with Gasteiger partial charge in [-0.1, -0.05) is 13.8 Å². The van der Waals surface area contributed by atoms with Crippen LogP contribution in [0, 0.1) is 0 Å². The highest BCUT2D eigenvalue weighted by Crippen LogP contribution is 2.60. The van der Waals surface area contributed by atoms with E-state index in [9.17, 15) is 9.13 Å². The van der Waals surface area contributed by atoms with E-state index in [1.54, 1.807) is 4.67 Å². The zero-order chi connectivity index (χ0) is 18.8. The normalized spacial score (nSPS) is 15.4. The zero-order valence-electron chi connectivity index (χ0n) is 15.9. The van der Waals surface area contributed by atoms with Gasteiger partial charge in [0.05, 0.1) is 18.8 Å². The van der Waals surface area contributed by atoms with E-state index in [0.29, 0.717) is 25.4 Å². The smallest absolute Gasteiger partial charge is 0.304 e. The van der Waals surface area contributed by atoms with Gasteiger partial charge in [0, 0.05) is 26.0 Å². The molecule has 0 saturated heterocycles. The lowest BCUT2D eigenvalue weighted by Gasteiger charge is -2.31. The van der Waals surface area contributed by atoms with Gasteiger partial charge in [0.15, 0.2) is 0 Å². The molecule has 24 heavy (non-hydrogen) atoms. The van der Waals surface area contributed by atoms with Crippen LogP contribution in [0.2, 0.25) is 0 Å². The summed E-state index contributed by atoms with van der Waals surface area (Å²) in [5.74, 6) is 0.426. The van der Waals surface area contributed by atoms with E-state index in [-0.39, 0.29) is 12.2 Å². The summed E-state index contributed by atoms with van der Waals surface area (Å²) in [5, 5.41) is 0. The molecule has 0 saturated carbocycles. The fourth-order valence-electron chi connectivity index (χ4n) is 1.75. The van der Waals surface area contributed by atoms with Crippen LogP contribution in [0.1, 0.15) is 48.0 Å². The van der Waals surface area contributed by atoms with Crippen LogP contribution < -0.4 is 0 Å². The molecule has 0 aliphatic carbocycles. The molecule has 0 spiro atoms. The van der Waals surface area contributed by atoms with Crippen LogP contribution in [-0.4, -0.2) is 49.4 Å². The number of hydrogen-bond acceptors (Lipinski definition) is 7. The van der Waals surface area contributed by atoms with Crippen molar-refractivity contribution in [3.63, 3.8) is 0 Å². The molecule has 0 aromatic rings. The van der Waals surface area contributed by atoms with Gasteiger partial charge < -0.3 is 9.05 Å². The minimum absolute atomic E-state index is 0.228. The molecule has 0 bridgehead atoms. The minimum Gasteiger partial charge on any atom is -0.304 e. The third-order valence-electron chi connectivity index (χ3n) is 2.68. The molecule has 0 amide bonds. The van der Waals surface area contributed by atoms with Crippen molar-refractivity contribution in [3.8, 4) is 0 Å². The molecule has 7 nitrogen and oxygen atoms in total. The van der Waals surface area contributed by atoms with Crippen molar-refractivity contribution in [1.29, 1.82) is 0 Å². The topological polar surface area (TPSA) is 74.3 Å². The van der Waals surface area contributed by atoms with E-state index in [4.69, 9.17) is 18.1 Å². The van der Waals surface area contributed by atoms with Crippen LogP contribution in [0.15, 0.2) is 0 Å². The second kappa shape index (κ2) is 12.1. The van der Waals surface area contributed by atoms with Gasteiger partial charge in [-0.05, 0) is 45.5 Å². The number of hydrogen-bond donors (Lipinski definition) is 0. The van der Waals surface area contributed by atoms with E-state index >= 15 is 0 Å². The quantitative estimate of drug-likeness (QED) is 0.366. The van der Waals surface area contributed by atoms with Gasteiger partial charge in [0.2, 0.25) is 0 Å². The molecule has 0 aliphatic heterocycles. The molecule has 1 atom stereocenters. The van der Waals surface area contributed by atoms with E-state index in [1.807, 2.05) is 41.5 Å². The summed E-state index contributed by atoms with van der Waals surface area (Å²) < 4.78 is 48.6. The lowest BCUT2D eigenvalue weighted by Crippen LogP contribution is -2.28. The van der Waals surface area contributed by atoms with Crippen LogP contribution >= 0.6 is 25.9 Å². The predicted octanol–water partition coefficient (Wildman–Crippen LogP) is 5.18. The molecule has 0 radical (unpaired) electrons. The predicted molar refractivity (Wildman–Crippen MR) is 101 cm³/mol. The Kier molecular flexibility index (Phi) is 12.4. The lowest BCUT2D eigenvalue weighted by molar-refractivity contribution is 0.108. The first-order chi connectivity index (χ1) is 11.1. The molecule has 146 valence electrons. The average Bonchev–Trinajstić information content (AvgIpc) is 2.47. The van der Waals surface area contributed by atoms with Gasteiger partial charge >= 0.3 is 14.5 Å². The minimum atomic E-state index is -3.40. The summed E-state index contributed by atoms with van der Waals surface area (Å²) in [6, 6.07) is 0. The molecular weight excluding hydrogens is 372 g/mol. The zero-order valence-corrected chi connectivity index (χ0v) is 18.5. The second-order valence-corrected chi connectivity index (χ2v) is 11.8. The maximum Gasteiger partial charge on any atom is 0.408 e. The summed E-state index contributed by atoms with van der Waals surface area (Å²) in [6.45, 7) is 9.17. The number of rotatable bonds is 14. The maximum absolute atomic E-state index is 13.1. The van der Waals surface area contributed by atoms with E-state index in [1.165, 1.54) is 7.11 Å². The van der Waals surface area contributed by atoms with Crippen molar-refractivity contribution in [1.82, 2.24) is 4.67 Å². The Morgan fingerprint density at radius 2 is 1.58 bits per heavy atom. The third kappa shape index (κ3) is 9.35. The van der Waals surface area contributed by atoms with Gasteiger partial charge in [-0.3, -0.25) is 9.05 Å². The van der Waals surface area contributed by atoms with Gasteiger partial charge in [-0.25, -0.2) is 13.8 Å². The van der Waals surface area contributed by atoms with Crippen LogP contribution in [0.25, 0.3) is 0 Å². The molecule has 0 aliphatic rings. The monoisotopic (exact) mass is 405 g/mol. The first kappa shape index (κ1) is 24.6. The fourth-order valence-corrected chi connectivity index (χ4v) is 6.85. The highest BCUT2D eigenvalue weighted by molar-refractivity contribution is 8.55. The molecule has 0 aromatic heterocycles. The Morgan fingerprint density at radius 3 is 1.96 bits per heavy atom. The van der Waals surface area contributed by atoms with Crippen molar-refractivity contribution >= 4 is 25.9 Å². The molecule has 0 rings (SSSR count). The summed E-state index contributed by atoms with van der Waals surface area (Å²) >= 11 is 1.10. The van der Waals surface area contributed by atoms with Crippen LogP contribution in [0.4, 0.5) is 0 Å². The standard InChI is InChI=1S/C14H33NO6P2S/c1-8-11-19-23(17,18-7)24-12-10-15(9-2)22(16,20-13(3)4)21-14(5)6/h13-14H,8-12H2,1-7H3. The molecule has 0 heterocycles. The van der Waals surface area contributed by atoms with E-state index in [0.717, 1.165) is 17.8 Å². The Hall–Kier alpha value is 0.610. The third-order valence-corrected chi connectivity index (χ3v) is 9.11. The van der Waals surface area contributed by atoms with E-state index < -0.39 is 14.5 Å². The largest absolute Gasteiger partial charge is 0.408 e. The lowest BCUT2D eigenvalue weighted by atomic mass is 10.5. The Morgan fingerprint density at radius 1 is 1.04 bits per heavy atom. The molecule has 0 aromatic carbocycles. The highest BCUT2D eigenvalue weighted by atomic mass is 32.7. The Labute approximate surface area is 151 Å². The molecule has 1 unspecified atom stereocenters. The number of nitrogens with zero attached hydrogens (tertiary/aromatic N) is 1. The fraction of sp³-hybridized carbons (Fsp3) is 1.00. The molecular formula is C14H33NO6P2S. The van der Waals surface area contributed by atoms with Crippen molar-refractivity contribution in [2.45, 2.75) is 60.2 Å². The van der Waals surface area contributed by atoms with Gasteiger partial charge in [0.25, 0.3) is 0 Å². The molecule has 10 heteroatoms. The first-order valence-electron chi connectivity index (χ1n) is 8.29. The Balaban J connectivity index is 4.86. The van der Waals surface area contributed by atoms with Gasteiger partial charge in [0.1, 0.15) is 0 Å². The van der Waals surface area contributed by atoms with Crippen LogP contribution in [0.3, 0.4) is 0 Å². The first-order valence-corrected chi connectivity index (χ1v) is 12.9. The van der Waals surface area contributed by atoms with Gasteiger partial charge in [-0.15, -0.1) is 0 Å². The molecule has 0 N–H and O–H groups in total. The highest BCUT2D eigenvalue weighted by Gasteiger charge is 2.35. The van der Waals surface area contributed by atoms with Gasteiger partial charge in [-0.2, -0.15) is 0 Å². The van der Waals surface area contributed by atoms with Crippen molar-refractivity contribution in [2.75, 3.05) is 32.6 Å². The summed E-state index contributed by atoms with van der Waals surface area (Å²) in [6.07, 6.45) is 0.303. The van der Waals surface area contributed by atoms with Crippen molar-refractivity contribution in [3.05, 3.63) is 0 Å². The average molecular weight is 405 g/mol. The van der Waals surface area contributed by atoms with Crippen molar-refractivity contribution < 1.29 is 27.2 Å². The van der Waals surface area contributed by atoms with Crippen molar-refractivity contribution in [2.24, 2.45) is 0 Å². The van der Waals surface area contributed by atoms with Crippen LogP contribution in [-0.2, 0) is 27.2 Å². The molecule has 0 fully saturated rings. The summed E-state index contributed by atoms with van der Waals surface area (Å²) in [7, 11) is -2.03. The summed E-state index contributed by atoms with van der Waals surface area (Å²) in [4.78, 5) is 0. The van der Waals surface area contributed by atoms with E-state index in [2.05, 4.69) is 0 Å². The van der Waals surface area contributed by atoms with Crippen LogP contribution in [0.5, 0.6) is 0 Å². The Bertz CT molecular complexity index is 421. The summed E-state index contributed by atoms with van der Waals surface area (Å²) in [5.41, 5.74) is 0.